The van der Waals surface area contributed by atoms with Crippen LogP contribution >= 0.6 is 0 Å². The van der Waals surface area contributed by atoms with Crippen molar-refractivity contribution in [3.63, 3.8) is 0 Å². The van der Waals surface area contributed by atoms with Crippen LogP contribution in [0, 0.1) is 12.3 Å². The molecule has 0 aromatic heterocycles. The van der Waals surface area contributed by atoms with Crippen molar-refractivity contribution in [2.75, 3.05) is 39.2 Å². The zero-order valence-electron chi connectivity index (χ0n) is 15.2. The second kappa shape index (κ2) is 6.99. The lowest BCUT2D eigenvalue weighted by Gasteiger charge is -2.49. The minimum absolute atomic E-state index is 0.157. The molecule has 134 valence electrons. The molecule has 6 nitrogen and oxygen atoms in total. The fourth-order valence-electron chi connectivity index (χ4n) is 3.14. The normalized spacial score (nSPS) is 23.0. The Bertz CT molecular complexity index is 603. The molecule has 24 heavy (non-hydrogen) atoms. The summed E-state index contributed by atoms with van der Waals surface area (Å²) >= 11 is 0. The third-order valence-electron chi connectivity index (χ3n) is 4.99. The molecule has 0 spiro atoms. The summed E-state index contributed by atoms with van der Waals surface area (Å²) in [6.45, 7) is 7.08. The van der Waals surface area contributed by atoms with Crippen molar-refractivity contribution in [3.8, 4) is 5.75 Å². The molecule has 0 saturated carbocycles. The zero-order chi connectivity index (χ0) is 18.0. The number of hydrogen-bond acceptors (Lipinski definition) is 4. The summed E-state index contributed by atoms with van der Waals surface area (Å²) in [6, 6.07) is 5.38. The number of aryl methyl sites for hydroxylation is 1. The van der Waals surface area contributed by atoms with Crippen molar-refractivity contribution in [1.82, 2.24) is 4.90 Å². The van der Waals surface area contributed by atoms with E-state index in [0.717, 1.165) is 17.0 Å². The van der Waals surface area contributed by atoms with Crippen molar-refractivity contribution in [1.29, 1.82) is 0 Å². The van der Waals surface area contributed by atoms with Gasteiger partial charge in [0.1, 0.15) is 5.75 Å². The molecular weight excluding hydrogens is 308 g/mol. The van der Waals surface area contributed by atoms with Gasteiger partial charge in [0.05, 0.1) is 19.3 Å². The van der Waals surface area contributed by atoms with Gasteiger partial charge in [-0.1, -0.05) is 13.8 Å². The number of piperidine rings is 1. The number of ether oxygens (including phenoxy) is 2. The number of carbonyl (C=O) groups is 1. The summed E-state index contributed by atoms with van der Waals surface area (Å²) < 4.78 is 10.3. The van der Waals surface area contributed by atoms with Crippen molar-refractivity contribution < 1.29 is 19.4 Å². The number of nitrogens with one attached hydrogen (secondary N) is 1. The second-order valence-corrected chi connectivity index (χ2v) is 7.13. The van der Waals surface area contributed by atoms with E-state index in [-0.39, 0.29) is 12.6 Å². The van der Waals surface area contributed by atoms with Gasteiger partial charge in [-0.25, -0.2) is 4.79 Å². The van der Waals surface area contributed by atoms with Crippen LogP contribution < -0.4 is 10.1 Å². The molecule has 1 saturated heterocycles. The summed E-state index contributed by atoms with van der Waals surface area (Å²) in [5.41, 5.74) is 0.327. The second-order valence-electron chi connectivity index (χ2n) is 7.13. The summed E-state index contributed by atoms with van der Waals surface area (Å²) in [5.74, 6) is 0.759. The SMILES string of the molecule is COC[C@]1(O)CCN(C(=O)Nc2ccc(OC)cc2C)CC1(C)C. The quantitative estimate of drug-likeness (QED) is 0.887. The Kier molecular flexibility index (Phi) is 5.40. The highest BCUT2D eigenvalue weighted by Crippen LogP contribution is 2.39. The van der Waals surface area contributed by atoms with Gasteiger partial charge in [0.2, 0.25) is 0 Å². The molecule has 2 rings (SSSR count). The van der Waals surface area contributed by atoms with E-state index in [0.29, 0.717) is 19.5 Å². The Hall–Kier alpha value is -1.79. The fraction of sp³-hybridized carbons (Fsp3) is 0.611. The van der Waals surface area contributed by atoms with Gasteiger partial charge in [0, 0.05) is 31.3 Å². The molecule has 1 aromatic rings. The lowest BCUT2D eigenvalue weighted by molar-refractivity contribution is -0.143. The number of amides is 2. The summed E-state index contributed by atoms with van der Waals surface area (Å²) in [7, 11) is 3.20. The molecule has 1 heterocycles. The van der Waals surface area contributed by atoms with Crippen LogP contribution in [0.3, 0.4) is 0 Å². The van der Waals surface area contributed by atoms with Crippen molar-refractivity contribution >= 4 is 11.7 Å². The number of rotatable bonds is 4. The van der Waals surface area contributed by atoms with Crippen LogP contribution in [-0.4, -0.2) is 55.6 Å². The Balaban J connectivity index is 2.07. The molecule has 0 unspecified atom stereocenters. The standard InChI is InChI=1S/C18H28N2O4/c1-13-10-14(24-5)6-7-15(13)19-16(21)20-9-8-18(22,12-23-4)17(2,3)11-20/h6-7,10,22H,8-9,11-12H2,1-5H3,(H,19,21)/t18-/m1/s1. The molecule has 2 N–H and O–H groups in total. The Labute approximate surface area is 143 Å². The number of urea groups is 1. The van der Waals surface area contributed by atoms with E-state index < -0.39 is 11.0 Å². The van der Waals surface area contributed by atoms with Gasteiger partial charge in [0.15, 0.2) is 0 Å². The number of anilines is 1. The number of carbonyl (C=O) groups excluding carboxylic acids is 1. The van der Waals surface area contributed by atoms with E-state index in [2.05, 4.69) is 5.32 Å². The average Bonchev–Trinajstić information content (AvgIpc) is 2.52. The molecule has 0 radical (unpaired) electrons. The molecule has 2 amide bonds. The third-order valence-corrected chi connectivity index (χ3v) is 4.99. The van der Waals surface area contributed by atoms with Crippen LogP contribution in [0.2, 0.25) is 0 Å². The first-order valence-corrected chi connectivity index (χ1v) is 8.14. The van der Waals surface area contributed by atoms with Crippen LogP contribution in [0.4, 0.5) is 10.5 Å². The Morgan fingerprint density at radius 2 is 2.08 bits per heavy atom. The van der Waals surface area contributed by atoms with Crippen molar-refractivity contribution in [3.05, 3.63) is 23.8 Å². The van der Waals surface area contributed by atoms with Gasteiger partial charge in [-0.3, -0.25) is 0 Å². The maximum Gasteiger partial charge on any atom is 0.321 e. The summed E-state index contributed by atoms with van der Waals surface area (Å²) in [4.78, 5) is 14.3. The predicted octanol–water partition coefficient (Wildman–Crippen LogP) is 2.64. The number of hydrogen-bond donors (Lipinski definition) is 2. The Morgan fingerprint density at radius 1 is 1.38 bits per heavy atom. The van der Waals surface area contributed by atoms with Crippen LogP contribution in [0.1, 0.15) is 25.8 Å². The van der Waals surface area contributed by atoms with Crippen LogP contribution in [0.5, 0.6) is 5.75 Å². The largest absolute Gasteiger partial charge is 0.497 e. The topological polar surface area (TPSA) is 71.0 Å². The number of nitrogens with zero attached hydrogens (tertiary/aromatic N) is 1. The maximum atomic E-state index is 12.6. The zero-order valence-corrected chi connectivity index (χ0v) is 15.2. The van der Waals surface area contributed by atoms with Crippen molar-refractivity contribution in [2.45, 2.75) is 32.8 Å². The van der Waals surface area contributed by atoms with E-state index in [4.69, 9.17) is 9.47 Å². The van der Waals surface area contributed by atoms with Crippen LogP contribution in [-0.2, 0) is 4.74 Å². The average molecular weight is 336 g/mol. The Morgan fingerprint density at radius 3 is 2.62 bits per heavy atom. The molecule has 0 aliphatic carbocycles. The summed E-state index contributed by atoms with van der Waals surface area (Å²) in [5, 5.41) is 13.7. The number of likely N-dealkylation sites (tertiary alicyclic amines) is 1. The molecule has 0 bridgehead atoms. The highest BCUT2D eigenvalue weighted by molar-refractivity contribution is 5.90. The van der Waals surface area contributed by atoms with E-state index in [9.17, 15) is 9.90 Å². The van der Waals surface area contributed by atoms with Gasteiger partial charge < -0.3 is 24.8 Å². The molecule has 1 fully saturated rings. The van der Waals surface area contributed by atoms with Gasteiger partial charge in [0.25, 0.3) is 0 Å². The van der Waals surface area contributed by atoms with Crippen LogP contribution in [0.25, 0.3) is 0 Å². The van der Waals surface area contributed by atoms with Gasteiger partial charge in [-0.05, 0) is 37.1 Å². The van der Waals surface area contributed by atoms with Gasteiger partial charge in [-0.15, -0.1) is 0 Å². The highest BCUT2D eigenvalue weighted by atomic mass is 16.5. The lowest BCUT2D eigenvalue weighted by atomic mass is 9.70. The molecule has 1 aromatic carbocycles. The smallest absolute Gasteiger partial charge is 0.321 e. The first-order valence-electron chi connectivity index (χ1n) is 8.14. The molecule has 1 atom stereocenters. The third kappa shape index (κ3) is 3.65. The molecule has 1 aliphatic rings. The maximum absolute atomic E-state index is 12.6. The number of benzene rings is 1. The van der Waals surface area contributed by atoms with E-state index in [1.165, 1.54) is 0 Å². The van der Waals surface area contributed by atoms with E-state index in [1.54, 1.807) is 19.1 Å². The first-order chi connectivity index (χ1) is 11.2. The fourth-order valence-corrected chi connectivity index (χ4v) is 3.14. The van der Waals surface area contributed by atoms with E-state index in [1.807, 2.05) is 39.0 Å². The van der Waals surface area contributed by atoms with Gasteiger partial charge >= 0.3 is 6.03 Å². The van der Waals surface area contributed by atoms with Crippen LogP contribution in [0.15, 0.2) is 18.2 Å². The highest BCUT2D eigenvalue weighted by Gasteiger charge is 2.48. The monoisotopic (exact) mass is 336 g/mol. The number of methoxy groups -OCH3 is 2. The molecule has 1 aliphatic heterocycles. The first kappa shape index (κ1) is 18.5. The molecule has 6 heteroatoms. The molecular formula is C18H28N2O4. The predicted molar refractivity (Wildman–Crippen MR) is 93.5 cm³/mol. The minimum Gasteiger partial charge on any atom is -0.497 e. The summed E-state index contributed by atoms with van der Waals surface area (Å²) in [6.07, 6.45) is 0.489. The lowest BCUT2D eigenvalue weighted by Crippen LogP contribution is -2.61. The van der Waals surface area contributed by atoms with Gasteiger partial charge in [-0.2, -0.15) is 0 Å². The minimum atomic E-state index is -0.922. The van der Waals surface area contributed by atoms with E-state index >= 15 is 0 Å². The number of aliphatic hydroxyl groups is 1. The van der Waals surface area contributed by atoms with Crippen molar-refractivity contribution in [2.24, 2.45) is 5.41 Å².